The fourth-order valence-electron chi connectivity index (χ4n) is 1.03. The van der Waals surface area contributed by atoms with Crippen molar-refractivity contribution in [3.63, 3.8) is 0 Å². The van der Waals surface area contributed by atoms with E-state index in [2.05, 4.69) is 0 Å². The van der Waals surface area contributed by atoms with Gasteiger partial charge in [-0.05, 0) is 13.0 Å². The van der Waals surface area contributed by atoms with Crippen LogP contribution in [0, 0.1) is 22.9 Å². The van der Waals surface area contributed by atoms with E-state index in [1.807, 2.05) is 0 Å². The zero-order valence-electron chi connectivity index (χ0n) is 7.40. The first-order valence-electron chi connectivity index (χ1n) is 3.62. The highest BCUT2D eigenvalue weighted by Gasteiger charge is 2.22. The van der Waals surface area contributed by atoms with Crippen LogP contribution in [0.2, 0.25) is 0 Å². The molecule has 0 spiro atoms. The van der Waals surface area contributed by atoms with Crippen molar-refractivity contribution in [1.29, 1.82) is 0 Å². The minimum Gasteiger partial charge on any atom is -0.258 e. The number of hydrogen-bond donors (Lipinski definition) is 0. The van der Waals surface area contributed by atoms with Crippen LogP contribution < -0.4 is 0 Å². The second-order valence-corrected chi connectivity index (χ2v) is 5.30. The lowest BCUT2D eigenvalue weighted by molar-refractivity contribution is -0.385. The van der Waals surface area contributed by atoms with Gasteiger partial charge in [-0.25, -0.2) is 12.8 Å². The molecule has 0 aliphatic heterocycles. The smallest absolute Gasteiger partial charge is 0.258 e. The second kappa shape index (κ2) is 3.74. The average Bonchev–Trinajstić information content (AvgIpc) is 2.06. The molecule has 1 aromatic carbocycles. The summed E-state index contributed by atoms with van der Waals surface area (Å²) >= 11 is 0. The van der Waals surface area contributed by atoms with Gasteiger partial charge < -0.3 is 0 Å². The highest BCUT2D eigenvalue weighted by molar-refractivity contribution is 8.13. The number of benzene rings is 1. The summed E-state index contributed by atoms with van der Waals surface area (Å²) in [6, 6.07) is 1.36. The molecule has 0 amide bonds. The summed E-state index contributed by atoms with van der Waals surface area (Å²) in [5.41, 5.74) is -0.461. The number of nitro benzene ring substituents is 1. The number of nitro groups is 1. The number of halogens is 2. The Morgan fingerprint density at radius 2 is 2.00 bits per heavy atom. The van der Waals surface area contributed by atoms with Crippen molar-refractivity contribution >= 4 is 25.4 Å². The van der Waals surface area contributed by atoms with Crippen molar-refractivity contribution in [3.05, 3.63) is 33.6 Å². The number of rotatable bonds is 2. The maximum absolute atomic E-state index is 13.1. The molecule has 1 aromatic rings. The van der Waals surface area contributed by atoms with E-state index in [1.165, 1.54) is 6.92 Å². The lowest BCUT2D eigenvalue weighted by atomic mass is 10.2. The van der Waals surface area contributed by atoms with Gasteiger partial charge >= 0.3 is 0 Å². The van der Waals surface area contributed by atoms with Gasteiger partial charge in [-0.1, -0.05) is 0 Å². The van der Waals surface area contributed by atoms with E-state index in [4.69, 9.17) is 10.7 Å². The minimum atomic E-state index is -4.22. The molecule has 5 nitrogen and oxygen atoms in total. The van der Waals surface area contributed by atoms with Crippen molar-refractivity contribution in [2.45, 2.75) is 11.8 Å². The van der Waals surface area contributed by atoms with E-state index < -0.39 is 30.4 Å². The Labute approximate surface area is 89.0 Å². The molecule has 0 aromatic heterocycles. The van der Waals surface area contributed by atoms with Gasteiger partial charge in [-0.3, -0.25) is 10.1 Å². The van der Waals surface area contributed by atoms with Crippen molar-refractivity contribution in [2.24, 2.45) is 0 Å². The minimum absolute atomic E-state index is 0.0284. The Hall–Kier alpha value is -1.21. The van der Waals surface area contributed by atoms with Crippen LogP contribution >= 0.6 is 10.7 Å². The van der Waals surface area contributed by atoms with E-state index in [0.717, 1.165) is 6.07 Å². The zero-order chi connectivity index (χ0) is 11.8. The Balaban J connectivity index is 3.52. The molecule has 8 heteroatoms. The number of aryl methyl sites for hydroxylation is 1. The van der Waals surface area contributed by atoms with E-state index >= 15 is 0 Å². The summed E-state index contributed by atoms with van der Waals surface area (Å²) < 4.78 is 34.8. The topological polar surface area (TPSA) is 77.3 Å². The molecule has 0 radical (unpaired) electrons. The third-order valence-corrected chi connectivity index (χ3v) is 3.05. The summed E-state index contributed by atoms with van der Waals surface area (Å²) in [4.78, 5) is 8.83. The van der Waals surface area contributed by atoms with Crippen LogP contribution in [-0.4, -0.2) is 13.3 Å². The van der Waals surface area contributed by atoms with Crippen LogP contribution in [0.15, 0.2) is 17.0 Å². The van der Waals surface area contributed by atoms with Gasteiger partial charge in [0, 0.05) is 16.2 Å². The number of nitrogens with zero attached hydrogens (tertiary/aromatic N) is 1. The third-order valence-electron chi connectivity index (χ3n) is 1.71. The molecule has 0 N–H and O–H groups in total. The fraction of sp³-hybridized carbons (Fsp3) is 0.143. The molecule has 0 aliphatic rings. The van der Waals surface area contributed by atoms with E-state index in [-0.39, 0.29) is 5.56 Å². The van der Waals surface area contributed by atoms with Crippen molar-refractivity contribution in [2.75, 3.05) is 0 Å². The lowest BCUT2D eigenvalue weighted by Crippen LogP contribution is -2.00. The molecule has 82 valence electrons. The van der Waals surface area contributed by atoms with Gasteiger partial charge in [-0.2, -0.15) is 0 Å². The van der Waals surface area contributed by atoms with Crippen LogP contribution in [0.4, 0.5) is 10.1 Å². The van der Waals surface area contributed by atoms with Gasteiger partial charge in [0.1, 0.15) is 10.7 Å². The molecule has 0 unspecified atom stereocenters. The molecule has 0 aliphatic carbocycles. The SMILES string of the molecule is Cc1cc(S(=O)(=O)Cl)c(F)cc1[N+](=O)[O-]. The van der Waals surface area contributed by atoms with Gasteiger partial charge in [-0.15, -0.1) is 0 Å². The molecule has 0 atom stereocenters. The van der Waals surface area contributed by atoms with Gasteiger partial charge in [0.2, 0.25) is 0 Å². The standard InChI is InChI=1S/C7H5ClFNO4S/c1-4-2-7(15(8,13)14)5(9)3-6(4)10(11)12/h2-3H,1H3. The summed E-state index contributed by atoms with van der Waals surface area (Å²) in [6.45, 7) is 1.29. The lowest BCUT2D eigenvalue weighted by Gasteiger charge is -2.01. The average molecular weight is 254 g/mol. The van der Waals surface area contributed by atoms with Crippen LogP contribution in [0.3, 0.4) is 0 Å². The predicted octanol–water partition coefficient (Wildman–Crippen LogP) is 1.97. The summed E-state index contributed by atoms with van der Waals surface area (Å²) in [5.74, 6) is -1.23. The van der Waals surface area contributed by atoms with Gasteiger partial charge in [0.15, 0.2) is 0 Å². The summed E-state index contributed by atoms with van der Waals surface area (Å²) in [5, 5.41) is 10.4. The maximum Gasteiger partial charge on any atom is 0.275 e. The number of hydrogen-bond acceptors (Lipinski definition) is 4. The summed E-state index contributed by atoms with van der Waals surface area (Å²) in [6.07, 6.45) is 0. The molecule has 0 fully saturated rings. The Kier molecular flexibility index (Phi) is 2.96. The Morgan fingerprint density at radius 1 is 1.47 bits per heavy atom. The first-order chi connectivity index (χ1) is 6.73. The normalized spacial score (nSPS) is 11.4. The van der Waals surface area contributed by atoms with E-state index in [9.17, 15) is 22.9 Å². The molecule has 0 saturated heterocycles. The van der Waals surface area contributed by atoms with Crippen molar-refractivity contribution in [1.82, 2.24) is 0 Å². The largest absolute Gasteiger partial charge is 0.275 e. The molecule has 15 heavy (non-hydrogen) atoms. The highest BCUT2D eigenvalue weighted by Crippen LogP contribution is 2.26. The van der Waals surface area contributed by atoms with Crippen LogP contribution in [0.25, 0.3) is 0 Å². The van der Waals surface area contributed by atoms with Gasteiger partial charge in [0.25, 0.3) is 14.7 Å². The fourth-order valence-corrected chi connectivity index (χ4v) is 1.99. The van der Waals surface area contributed by atoms with Crippen LogP contribution in [0.1, 0.15) is 5.56 Å². The Morgan fingerprint density at radius 3 is 2.40 bits per heavy atom. The van der Waals surface area contributed by atoms with Crippen LogP contribution in [0.5, 0.6) is 0 Å². The monoisotopic (exact) mass is 253 g/mol. The molecular weight excluding hydrogens is 249 g/mol. The predicted molar refractivity (Wildman–Crippen MR) is 50.8 cm³/mol. The molecule has 0 bridgehead atoms. The Bertz CT molecular complexity index is 528. The van der Waals surface area contributed by atoms with E-state index in [0.29, 0.717) is 6.07 Å². The van der Waals surface area contributed by atoms with Crippen LogP contribution in [-0.2, 0) is 9.05 Å². The van der Waals surface area contributed by atoms with Crippen molar-refractivity contribution < 1.29 is 17.7 Å². The first-order valence-corrected chi connectivity index (χ1v) is 5.93. The second-order valence-electron chi connectivity index (χ2n) is 2.76. The third kappa shape index (κ3) is 2.42. The first kappa shape index (κ1) is 11.9. The summed E-state index contributed by atoms with van der Waals surface area (Å²) in [7, 11) is 0.706. The molecule has 0 saturated carbocycles. The molecule has 0 heterocycles. The quantitative estimate of drug-likeness (QED) is 0.459. The zero-order valence-corrected chi connectivity index (χ0v) is 8.97. The molecular formula is C7H5ClFNO4S. The maximum atomic E-state index is 13.1. The van der Waals surface area contributed by atoms with Gasteiger partial charge in [0.05, 0.1) is 11.0 Å². The highest BCUT2D eigenvalue weighted by atomic mass is 35.7. The molecule has 1 rings (SSSR count). The van der Waals surface area contributed by atoms with Crippen molar-refractivity contribution in [3.8, 4) is 0 Å². The van der Waals surface area contributed by atoms with E-state index in [1.54, 1.807) is 0 Å².